The molecule has 2 aromatic heterocycles. The minimum absolute atomic E-state index is 0.282. The lowest BCUT2D eigenvalue weighted by molar-refractivity contribution is 0.550. The molecule has 0 radical (unpaired) electrons. The molecular weight excluding hydrogens is 240 g/mol. The first-order valence-electron chi connectivity index (χ1n) is 6.69. The van der Waals surface area contributed by atoms with E-state index in [9.17, 15) is 0 Å². The molecule has 0 aliphatic carbocycles. The molecule has 0 aromatic carbocycles. The molecule has 0 saturated carbocycles. The second kappa shape index (κ2) is 5.42. The third kappa shape index (κ3) is 3.13. The van der Waals surface area contributed by atoms with Gasteiger partial charge in [-0.3, -0.25) is 5.10 Å². The van der Waals surface area contributed by atoms with Crippen molar-refractivity contribution >= 4 is 22.8 Å². The van der Waals surface area contributed by atoms with Gasteiger partial charge in [0.15, 0.2) is 5.65 Å². The summed E-state index contributed by atoms with van der Waals surface area (Å²) in [4.78, 5) is 10.8. The van der Waals surface area contributed by atoms with E-state index in [0.29, 0.717) is 17.5 Å². The fraction of sp³-hybridized carbons (Fsp3) is 0.615. The van der Waals surface area contributed by atoms with Crippen molar-refractivity contribution in [3.63, 3.8) is 0 Å². The van der Waals surface area contributed by atoms with Gasteiger partial charge in [-0.05, 0) is 11.8 Å². The van der Waals surface area contributed by atoms with Crippen molar-refractivity contribution in [3.8, 4) is 0 Å². The first-order valence-corrected chi connectivity index (χ1v) is 6.69. The predicted octanol–water partition coefficient (Wildman–Crippen LogP) is 2.05. The van der Waals surface area contributed by atoms with Crippen LogP contribution in [0.25, 0.3) is 11.0 Å². The molecule has 2 heterocycles. The van der Waals surface area contributed by atoms with E-state index in [2.05, 4.69) is 52.8 Å². The number of H-pyrrole nitrogens is 1. The molecule has 0 fully saturated rings. The maximum atomic E-state index is 5.79. The van der Waals surface area contributed by atoms with Crippen LogP contribution in [0.5, 0.6) is 0 Å². The molecule has 6 nitrogen and oxygen atoms in total. The number of rotatable bonds is 5. The standard InChI is InChI=1S/C13H22N6/c1-8(2)6-19(7-9(3)4)12-10-5-15-18-11(10)16-13(14)17-12/h5,8-9H,6-7H2,1-4H3,(H3,14,15,16,17,18). The van der Waals surface area contributed by atoms with Crippen molar-refractivity contribution < 1.29 is 0 Å². The van der Waals surface area contributed by atoms with Crippen LogP contribution in [0.2, 0.25) is 0 Å². The number of nitrogens with one attached hydrogen (secondary N) is 1. The van der Waals surface area contributed by atoms with Crippen LogP contribution in [0.1, 0.15) is 27.7 Å². The smallest absolute Gasteiger partial charge is 0.224 e. The van der Waals surface area contributed by atoms with Gasteiger partial charge >= 0.3 is 0 Å². The summed E-state index contributed by atoms with van der Waals surface area (Å²) >= 11 is 0. The summed E-state index contributed by atoms with van der Waals surface area (Å²) in [6.07, 6.45) is 1.76. The highest BCUT2D eigenvalue weighted by Crippen LogP contribution is 2.24. The third-order valence-corrected chi connectivity index (χ3v) is 2.78. The summed E-state index contributed by atoms with van der Waals surface area (Å²) in [7, 11) is 0. The highest BCUT2D eigenvalue weighted by atomic mass is 15.2. The zero-order chi connectivity index (χ0) is 14.0. The topological polar surface area (TPSA) is 83.7 Å². The third-order valence-electron chi connectivity index (χ3n) is 2.78. The number of hydrogen-bond donors (Lipinski definition) is 2. The van der Waals surface area contributed by atoms with Crippen LogP contribution in [0, 0.1) is 11.8 Å². The van der Waals surface area contributed by atoms with Crippen molar-refractivity contribution in [1.82, 2.24) is 20.2 Å². The van der Waals surface area contributed by atoms with Crippen molar-refractivity contribution in [3.05, 3.63) is 6.20 Å². The molecule has 0 unspecified atom stereocenters. The second-order valence-electron chi connectivity index (χ2n) is 5.73. The number of nitrogen functional groups attached to an aromatic ring is 1. The van der Waals surface area contributed by atoms with E-state index in [1.807, 2.05) is 0 Å². The molecule has 0 atom stereocenters. The molecule has 0 bridgehead atoms. The fourth-order valence-corrected chi connectivity index (χ4v) is 2.21. The average molecular weight is 262 g/mol. The number of aromatic amines is 1. The molecular formula is C13H22N6. The van der Waals surface area contributed by atoms with Crippen molar-refractivity contribution in [1.29, 1.82) is 0 Å². The van der Waals surface area contributed by atoms with Crippen LogP contribution >= 0.6 is 0 Å². The zero-order valence-electron chi connectivity index (χ0n) is 12.0. The predicted molar refractivity (Wildman–Crippen MR) is 78.0 cm³/mol. The monoisotopic (exact) mass is 262 g/mol. The quantitative estimate of drug-likeness (QED) is 0.861. The summed E-state index contributed by atoms with van der Waals surface area (Å²) < 4.78 is 0. The second-order valence-corrected chi connectivity index (χ2v) is 5.73. The summed E-state index contributed by atoms with van der Waals surface area (Å²) in [5, 5.41) is 7.81. The Hall–Kier alpha value is -1.85. The minimum atomic E-state index is 0.282. The Kier molecular flexibility index (Phi) is 3.87. The van der Waals surface area contributed by atoms with Gasteiger partial charge in [0.1, 0.15) is 5.82 Å². The largest absolute Gasteiger partial charge is 0.368 e. The van der Waals surface area contributed by atoms with Crippen molar-refractivity contribution in [2.24, 2.45) is 11.8 Å². The lowest BCUT2D eigenvalue weighted by atomic mass is 10.1. The van der Waals surface area contributed by atoms with Crippen molar-refractivity contribution in [2.45, 2.75) is 27.7 Å². The Morgan fingerprint density at radius 2 is 1.79 bits per heavy atom. The van der Waals surface area contributed by atoms with Crippen LogP contribution in [-0.4, -0.2) is 33.3 Å². The van der Waals surface area contributed by atoms with Crippen molar-refractivity contribution in [2.75, 3.05) is 23.7 Å². The summed E-state index contributed by atoms with van der Waals surface area (Å²) in [6.45, 7) is 10.7. The van der Waals surface area contributed by atoms with E-state index in [-0.39, 0.29) is 5.95 Å². The maximum absolute atomic E-state index is 5.79. The molecule has 6 heteroatoms. The van der Waals surface area contributed by atoms with Gasteiger partial charge < -0.3 is 10.6 Å². The Bertz CT molecular complexity index is 535. The summed E-state index contributed by atoms with van der Waals surface area (Å²) in [6, 6.07) is 0. The van der Waals surface area contributed by atoms with Gasteiger partial charge in [-0.1, -0.05) is 27.7 Å². The Balaban J connectivity index is 2.44. The number of aromatic nitrogens is 4. The van der Waals surface area contributed by atoms with E-state index >= 15 is 0 Å². The van der Waals surface area contributed by atoms with Gasteiger partial charge in [-0.2, -0.15) is 15.1 Å². The van der Waals surface area contributed by atoms with Crippen LogP contribution in [0.4, 0.5) is 11.8 Å². The number of anilines is 2. The van der Waals surface area contributed by atoms with E-state index in [4.69, 9.17) is 5.73 Å². The maximum Gasteiger partial charge on any atom is 0.224 e. The fourth-order valence-electron chi connectivity index (χ4n) is 2.21. The molecule has 0 aliphatic rings. The average Bonchev–Trinajstić information content (AvgIpc) is 2.73. The Labute approximate surface area is 113 Å². The van der Waals surface area contributed by atoms with E-state index < -0.39 is 0 Å². The first kappa shape index (κ1) is 13.6. The number of hydrogen-bond acceptors (Lipinski definition) is 5. The van der Waals surface area contributed by atoms with Crippen LogP contribution in [-0.2, 0) is 0 Å². The lowest BCUT2D eigenvalue weighted by Crippen LogP contribution is -2.32. The number of nitrogens with zero attached hydrogens (tertiary/aromatic N) is 4. The Morgan fingerprint density at radius 3 is 2.37 bits per heavy atom. The lowest BCUT2D eigenvalue weighted by Gasteiger charge is -2.27. The van der Waals surface area contributed by atoms with Gasteiger partial charge in [0.25, 0.3) is 0 Å². The van der Waals surface area contributed by atoms with Gasteiger partial charge in [0.2, 0.25) is 5.95 Å². The molecule has 0 spiro atoms. The van der Waals surface area contributed by atoms with Crippen LogP contribution < -0.4 is 10.6 Å². The molecule has 3 N–H and O–H groups in total. The first-order chi connectivity index (χ1) is 8.97. The minimum Gasteiger partial charge on any atom is -0.368 e. The highest BCUT2D eigenvalue weighted by Gasteiger charge is 2.17. The molecule has 0 saturated heterocycles. The van der Waals surface area contributed by atoms with Crippen LogP contribution in [0.3, 0.4) is 0 Å². The zero-order valence-corrected chi connectivity index (χ0v) is 12.0. The number of fused-ring (bicyclic) bond motifs is 1. The van der Waals surface area contributed by atoms with Gasteiger partial charge in [-0.25, -0.2) is 0 Å². The van der Waals surface area contributed by atoms with E-state index in [1.54, 1.807) is 6.20 Å². The highest BCUT2D eigenvalue weighted by molar-refractivity contribution is 5.87. The molecule has 104 valence electrons. The molecule has 2 aromatic rings. The molecule has 19 heavy (non-hydrogen) atoms. The summed E-state index contributed by atoms with van der Waals surface area (Å²) in [5.74, 6) is 2.26. The summed E-state index contributed by atoms with van der Waals surface area (Å²) in [5.41, 5.74) is 6.48. The Morgan fingerprint density at radius 1 is 1.16 bits per heavy atom. The normalized spacial score (nSPS) is 11.7. The number of nitrogens with two attached hydrogens (primary N) is 1. The van der Waals surface area contributed by atoms with E-state index in [1.165, 1.54) is 0 Å². The molecule has 2 rings (SSSR count). The van der Waals surface area contributed by atoms with E-state index in [0.717, 1.165) is 24.3 Å². The van der Waals surface area contributed by atoms with Gasteiger partial charge in [0, 0.05) is 13.1 Å². The van der Waals surface area contributed by atoms with Crippen LogP contribution in [0.15, 0.2) is 6.20 Å². The molecule has 0 amide bonds. The molecule has 0 aliphatic heterocycles. The van der Waals surface area contributed by atoms with Gasteiger partial charge in [0.05, 0.1) is 11.6 Å². The van der Waals surface area contributed by atoms with Gasteiger partial charge in [-0.15, -0.1) is 0 Å². The SMILES string of the molecule is CC(C)CN(CC(C)C)c1nc(N)nc2[nH]ncc12.